The zero-order chi connectivity index (χ0) is 14.4. The van der Waals surface area contributed by atoms with Crippen LogP contribution in [0, 0.1) is 5.92 Å². The number of carbonyl (C=O) groups is 2. The molecule has 2 unspecified atom stereocenters. The molecule has 1 aliphatic rings. The van der Waals surface area contributed by atoms with E-state index in [1.807, 2.05) is 12.1 Å². The van der Waals surface area contributed by atoms with Gasteiger partial charge in [0, 0.05) is 18.9 Å². The first-order chi connectivity index (χ1) is 9.66. The molecule has 1 fully saturated rings. The molecule has 108 valence electrons. The second-order valence-corrected chi connectivity index (χ2v) is 4.60. The van der Waals surface area contributed by atoms with Crippen molar-refractivity contribution < 1.29 is 19.4 Å². The molecule has 0 bridgehead atoms. The molecular weight excluding hydrogens is 262 g/mol. The highest BCUT2D eigenvalue weighted by Gasteiger charge is 2.34. The normalized spacial score (nSPS) is 21.4. The van der Waals surface area contributed by atoms with Crippen molar-refractivity contribution in [1.82, 2.24) is 15.6 Å². The van der Waals surface area contributed by atoms with Crippen molar-refractivity contribution in [3.63, 3.8) is 0 Å². The monoisotopic (exact) mass is 279 g/mol. The van der Waals surface area contributed by atoms with Crippen molar-refractivity contribution in [1.29, 1.82) is 0 Å². The van der Waals surface area contributed by atoms with Crippen molar-refractivity contribution in [2.45, 2.75) is 12.5 Å². The van der Waals surface area contributed by atoms with E-state index in [1.54, 1.807) is 12.4 Å². The molecule has 0 saturated carbocycles. The van der Waals surface area contributed by atoms with Gasteiger partial charge < -0.3 is 20.5 Å². The fourth-order valence-corrected chi connectivity index (χ4v) is 2.03. The summed E-state index contributed by atoms with van der Waals surface area (Å²) in [5.41, 5.74) is 1.03. The number of urea groups is 1. The van der Waals surface area contributed by atoms with E-state index in [-0.39, 0.29) is 19.2 Å². The Morgan fingerprint density at radius 2 is 2.30 bits per heavy atom. The van der Waals surface area contributed by atoms with Crippen LogP contribution in [-0.2, 0) is 16.0 Å². The summed E-state index contributed by atoms with van der Waals surface area (Å²) < 4.78 is 5.07. The van der Waals surface area contributed by atoms with Crippen molar-refractivity contribution >= 4 is 12.0 Å². The van der Waals surface area contributed by atoms with Crippen LogP contribution in [0.5, 0.6) is 0 Å². The Labute approximate surface area is 116 Å². The molecular formula is C13H17N3O4. The summed E-state index contributed by atoms with van der Waals surface area (Å²) in [7, 11) is 0. The van der Waals surface area contributed by atoms with Crippen LogP contribution < -0.4 is 10.6 Å². The molecule has 7 heteroatoms. The first kappa shape index (κ1) is 14.3. The van der Waals surface area contributed by atoms with Gasteiger partial charge in [0.25, 0.3) is 0 Å². The molecule has 2 atom stereocenters. The van der Waals surface area contributed by atoms with Gasteiger partial charge in [-0.1, -0.05) is 6.07 Å². The quantitative estimate of drug-likeness (QED) is 0.705. The van der Waals surface area contributed by atoms with E-state index in [1.165, 1.54) is 0 Å². The molecule has 20 heavy (non-hydrogen) atoms. The number of pyridine rings is 1. The van der Waals surface area contributed by atoms with Gasteiger partial charge in [0.05, 0.1) is 19.3 Å². The van der Waals surface area contributed by atoms with E-state index in [2.05, 4.69) is 15.6 Å². The number of carbonyl (C=O) groups excluding carboxylic acids is 1. The molecule has 2 rings (SSSR count). The van der Waals surface area contributed by atoms with Crippen LogP contribution >= 0.6 is 0 Å². The molecule has 0 radical (unpaired) electrons. The lowest BCUT2D eigenvalue weighted by Crippen LogP contribution is -2.47. The average molecular weight is 279 g/mol. The Balaban J connectivity index is 1.71. The number of carboxylic acid groups (broad SMARTS) is 1. The largest absolute Gasteiger partial charge is 0.481 e. The first-order valence-corrected chi connectivity index (χ1v) is 6.40. The van der Waals surface area contributed by atoms with E-state index in [4.69, 9.17) is 9.84 Å². The number of hydrogen-bond acceptors (Lipinski definition) is 4. The third kappa shape index (κ3) is 3.92. The van der Waals surface area contributed by atoms with E-state index in [9.17, 15) is 9.59 Å². The van der Waals surface area contributed by atoms with E-state index < -0.39 is 17.9 Å². The molecule has 1 aromatic rings. The molecule has 1 aromatic heterocycles. The summed E-state index contributed by atoms with van der Waals surface area (Å²) in [5, 5.41) is 14.3. The summed E-state index contributed by atoms with van der Waals surface area (Å²) >= 11 is 0. The van der Waals surface area contributed by atoms with Crippen molar-refractivity contribution in [3.05, 3.63) is 30.1 Å². The number of aliphatic carboxylic acids is 1. The second kappa shape index (κ2) is 6.85. The van der Waals surface area contributed by atoms with Gasteiger partial charge in [-0.15, -0.1) is 0 Å². The molecule has 0 aliphatic carbocycles. The predicted molar refractivity (Wildman–Crippen MR) is 70.2 cm³/mol. The van der Waals surface area contributed by atoms with Gasteiger partial charge in [0.2, 0.25) is 0 Å². The van der Waals surface area contributed by atoms with Gasteiger partial charge in [-0.05, 0) is 18.1 Å². The molecule has 1 saturated heterocycles. The lowest BCUT2D eigenvalue weighted by molar-refractivity contribution is -0.142. The standard InChI is InChI=1S/C13H17N3O4/c17-12(18)10-7-20-8-11(10)16-13(19)15-5-3-9-2-1-4-14-6-9/h1-2,4,6,10-11H,3,5,7-8H2,(H,17,18)(H2,15,16,19). The summed E-state index contributed by atoms with van der Waals surface area (Å²) in [6.07, 6.45) is 4.10. The first-order valence-electron chi connectivity index (χ1n) is 6.40. The summed E-state index contributed by atoms with van der Waals surface area (Å²) in [4.78, 5) is 26.6. The lowest BCUT2D eigenvalue weighted by Gasteiger charge is -2.16. The number of rotatable bonds is 5. The maximum absolute atomic E-state index is 11.7. The van der Waals surface area contributed by atoms with Crippen molar-refractivity contribution in [2.75, 3.05) is 19.8 Å². The zero-order valence-electron chi connectivity index (χ0n) is 10.9. The van der Waals surface area contributed by atoms with Crippen LogP contribution in [-0.4, -0.2) is 47.9 Å². The topological polar surface area (TPSA) is 101 Å². The fraction of sp³-hybridized carbons (Fsp3) is 0.462. The van der Waals surface area contributed by atoms with Crippen LogP contribution in [0.2, 0.25) is 0 Å². The minimum Gasteiger partial charge on any atom is -0.481 e. The highest BCUT2D eigenvalue weighted by molar-refractivity contribution is 5.77. The Morgan fingerprint density at radius 3 is 3.00 bits per heavy atom. The Kier molecular flexibility index (Phi) is 4.89. The zero-order valence-corrected chi connectivity index (χ0v) is 10.9. The molecule has 1 aliphatic heterocycles. The highest BCUT2D eigenvalue weighted by Crippen LogP contribution is 2.13. The van der Waals surface area contributed by atoms with Gasteiger partial charge in [-0.25, -0.2) is 4.79 Å². The van der Waals surface area contributed by atoms with Crippen molar-refractivity contribution in [2.24, 2.45) is 5.92 Å². The Hall–Kier alpha value is -2.15. The number of ether oxygens (including phenoxy) is 1. The Morgan fingerprint density at radius 1 is 1.45 bits per heavy atom. The van der Waals surface area contributed by atoms with E-state index >= 15 is 0 Å². The summed E-state index contributed by atoms with van der Waals surface area (Å²) in [6, 6.07) is 2.90. The molecule has 3 N–H and O–H groups in total. The highest BCUT2D eigenvalue weighted by atomic mass is 16.5. The number of carboxylic acids is 1. The van der Waals surface area contributed by atoms with Gasteiger partial charge in [0.15, 0.2) is 0 Å². The maximum Gasteiger partial charge on any atom is 0.315 e. The second-order valence-electron chi connectivity index (χ2n) is 4.60. The number of nitrogens with one attached hydrogen (secondary N) is 2. The summed E-state index contributed by atoms with van der Waals surface area (Å²) in [6.45, 7) is 0.825. The Bertz CT molecular complexity index is 466. The third-order valence-corrected chi connectivity index (χ3v) is 3.14. The van der Waals surface area contributed by atoms with Gasteiger partial charge in [-0.2, -0.15) is 0 Å². The van der Waals surface area contributed by atoms with Crippen LogP contribution in [0.4, 0.5) is 4.79 Å². The SMILES string of the molecule is O=C(NCCc1cccnc1)NC1COCC1C(=O)O. The third-order valence-electron chi connectivity index (χ3n) is 3.14. The molecule has 0 aromatic carbocycles. The fourth-order valence-electron chi connectivity index (χ4n) is 2.03. The number of aromatic nitrogens is 1. The summed E-state index contributed by atoms with van der Waals surface area (Å²) in [5.74, 6) is -1.64. The van der Waals surface area contributed by atoms with E-state index in [0.717, 1.165) is 5.56 Å². The minimum absolute atomic E-state index is 0.135. The maximum atomic E-state index is 11.7. The van der Waals surface area contributed by atoms with Crippen LogP contribution in [0.15, 0.2) is 24.5 Å². The predicted octanol–water partition coefficient (Wildman–Crippen LogP) is 0.0229. The minimum atomic E-state index is -0.955. The van der Waals surface area contributed by atoms with Gasteiger partial charge in [-0.3, -0.25) is 9.78 Å². The number of amides is 2. The average Bonchev–Trinajstić information content (AvgIpc) is 2.88. The van der Waals surface area contributed by atoms with Crippen LogP contribution in [0.25, 0.3) is 0 Å². The number of nitrogens with zero attached hydrogens (tertiary/aromatic N) is 1. The van der Waals surface area contributed by atoms with Crippen molar-refractivity contribution in [3.8, 4) is 0 Å². The molecule has 0 spiro atoms. The molecule has 2 amide bonds. The van der Waals surface area contributed by atoms with Gasteiger partial charge in [0.1, 0.15) is 5.92 Å². The van der Waals surface area contributed by atoms with Gasteiger partial charge >= 0.3 is 12.0 Å². The smallest absolute Gasteiger partial charge is 0.315 e. The van der Waals surface area contributed by atoms with Crippen LogP contribution in [0.1, 0.15) is 5.56 Å². The number of hydrogen-bond donors (Lipinski definition) is 3. The molecule has 7 nitrogen and oxygen atoms in total. The van der Waals surface area contributed by atoms with E-state index in [0.29, 0.717) is 13.0 Å². The lowest BCUT2D eigenvalue weighted by atomic mass is 10.0. The molecule has 2 heterocycles. The van der Waals surface area contributed by atoms with Crippen LogP contribution in [0.3, 0.4) is 0 Å².